The van der Waals surface area contributed by atoms with Gasteiger partial charge in [0.05, 0.1) is 18.8 Å². The van der Waals surface area contributed by atoms with E-state index in [9.17, 15) is 15.0 Å². The molecule has 2 atom stereocenters. The van der Waals surface area contributed by atoms with E-state index < -0.39 is 12.1 Å². The Bertz CT molecular complexity index is 770. The fraction of sp³-hybridized carbons (Fsp3) is 0.795. The van der Waals surface area contributed by atoms with Crippen molar-refractivity contribution in [2.24, 2.45) is 0 Å². The molecule has 3 N–H and O–H groups in total. The first kappa shape index (κ1) is 40.3. The van der Waals surface area contributed by atoms with E-state index in [4.69, 9.17) is 0 Å². The fourth-order valence-corrected chi connectivity index (χ4v) is 5.92. The van der Waals surface area contributed by atoms with Crippen LogP contribution in [0.15, 0.2) is 42.7 Å². The van der Waals surface area contributed by atoms with Gasteiger partial charge in [0, 0.05) is 25.0 Å². The number of hydrogen-bond donors (Lipinski definition) is 3. The number of aromatic nitrogens is 1. The van der Waals surface area contributed by atoms with Gasteiger partial charge in [0.15, 0.2) is 12.4 Å². The van der Waals surface area contributed by atoms with Gasteiger partial charge in [-0.3, -0.25) is 4.79 Å². The molecule has 1 heterocycles. The van der Waals surface area contributed by atoms with Gasteiger partial charge in [-0.25, -0.2) is 4.57 Å². The van der Waals surface area contributed by atoms with Crippen LogP contribution in [0, 0.1) is 0 Å². The molecule has 0 saturated heterocycles. The molecule has 1 aromatic heterocycles. The first-order valence-electron chi connectivity index (χ1n) is 18.9. The SMILES string of the molecule is CCCCCCCCCCCCCCCC(=O)N[C@@H](CO)[C@H](O)/C=C/CCCCCCCCCCCCC[n+]1ccccc1. The molecule has 5 heteroatoms. The number of nitrogens with zero attached hydrogens (tertiary/aromatic N) is 1. The molecule has 1 rings (SSSR count). The van der Waals surface area contributed by atoms with Gasteiger partial charge in [0.25, 0.3) is 0 Å². The third kappa shape index (κ3) is 25.6. The summed E-state index contributed by atoms with van der Waals surface area (Å²) in [6, 6.07) is 5.64. The highest BCUT2D eigenvalue weighted by Gasteiger charge is 2.17. The molecule has 44 heavy (non-hydrogen) atoms. The molecule has 0 aromatic carbocycles. The van der Waals surface area contributed by atoms with E-state index in [1.165, 1.54) is 135 Å². The maximum absolute atomic E-state index is 12.3. The first-order chi connectivity index (χ1) is 21.7. The molecule has 0 spiro atoms. The van der Waals surface area contributed by atoms with Crippen molar-refractivity contribution in [3.63, 3.8) is 0 Å². The van der Waals surface area contributed by atoms with E-state index in [0.29, 0.717) is 6.42 Å². The number of carbonyl (C=O) groups excluding carboxylic acids is 1. The lowest BCUT2D eigenvalue weighted by molar-refractivity contribution is -0.697. The number of nitrogens with one attached hydrogen (secondary N) is 1. The summed E-state index contributed by atoms with van der Waals surface area (Å²) in [5, 5.41) is 22.9. The summed E-state index contributed by atoms with van der Waals surface area (Å²) in [6.07, 6.45) is 39.6. The highest BCUT2D eigenvalue weighted by molar-refractivity contribution is 5.76. The second-order valence-corrected chi connectivity index (χ2v) is 13.1. The third-order valence-electron chi connectivity index (χ3n) is 8.86. The maximum atomic E-state index is 12.3. The Morgan fingerprint density at radius 2 is 1.11 bits per heavy atom. The zero-order chi connectivity index (χ0) is 31.8. The van der Waals surface area contributed by atoms with E-state index in [1.54, 1.807) is 6.08 Å². The Hall–Kier alpha value is -1.72. The largest absolute Gasteiger partial charge is 0.394 e. The second kappa shape index (κ2) is 31.3. The van der Waals surface area contributed by atoms with Crippen molar-refractivity contribution in [3.8, 4) is 0 Å². The topological polar surface area (TPSA) is 73.4 Å². The van der Waals surface area contributed by atoms with Crippen LogP contribution in [0.3, 0.4) is 0 Å². The minimum absolute atomic E-state index is 0.0678. The van der Waals surface area contributed by atoms with Crippen molar-refractivity contribution >= 4 is 5.91 Å². The van der Waals surface area contributed by atoms with Gasteiger partial charge in [-0.05, 0) is 25.7 Å². The van der Waals surface area contributed by atoms with E-state index in [2.05, 4.69) is 47.4 Å². The fourth-order valence-electron chi connectivity index (χ4n) is 5.92. The minimum atomic E-state index is -0.840. The molecule has 0 bridgehead atoms. The number of unbranched alkanes of at least 4 members (excludes halogenated alkanes) is 23. The maximum Gasteiger partial charge on any atom is 0.220 e. The van der Waals surface area contributed by atoms with Crippen LogP contribution >= 0.6 is 0 Å². The van der Waals surface area contributed by atoms with Crippen molar-refractivity contribution in [1.29, 1.82) is 0 Å². The molecule has 0 fully saturated rings. The summed E-state index contributed by atoms with van der Waals surface area (Å²) < 4.78 is 2.27. The number of aliphatic hydroxyl groups excluding tert-OH is 2. The summed E-state index contributed by atoms with van der Waals surface area (Å²) in [5.41, 5.74) is 0. The van der Waals surface area contributed by atoms with E-state index in [-0.39, 0.29) is 12.5 Å². The van der Waals surface area contributed by atoms with Crippen molar-refractivity contribution in [2.75, 3.05) is 6.61 Å². The lowest BCUT2D eigenvalue weighted by atomic mass is 10.0. The third-order valence-corrected chi connectivity index (χ3v) is 8.86. The van der Waals surface area contributed by atoms with E-state index in [1.807, 2.05) is 6.08 Å². The predicted octanol–water partition coefficient (Wildman–Crippen LogP) is 9.53. The number of pyridine rings is 1. The molecule has 1 amide bonds. The van der Waals surface area contributed by atoms with Crippen molar-refractivity contribution in [3.05, 3.63) is 42.7 Å². The summed E-state index contributed by atoms with van der Waals surface area (Å²) in [7, 11) is 0. The van der Waals surface area contributed by atoms with Crippen LogP contribution in [0.5, 0.6) is 0 Å². The molecular formula is C39H71N2O3+. The molecule has 0 aliphatic heterocycles. The van der Waals surface area contributed by atoms with Crippen LogP contribution in [-0.2, 0) is 11.3 Å². The molecule has 1 aromatic rings. The Labute approximate surface area is 272 Å². The smallest absolute Gasteiger partial charge is 0.220 e. The molecule has 0 radical (unpaired) electrons. The van der Waals surface area contributed by atoms with Crippen LogP contribution in [0.25, 0.3) is 0 Å². The van der Waals surface area contributed by atoms with Gasteiger partial charge in [-0.2, -0.15) is 0 Å². The number of amides is 1. The summed E-state index contributed by atoms with van der Waals surface area (Å²) >= 11 is 0. The van der Waals surface area contributed by atoms with Gasteiger partial charge in [0.2, 0.25) is 5.91 Å². The molecule has 5 nitrogen and oxygen atoms in total. The molecular weight excluding hydrogens is 544 g/mol. The zero-order valence-corrected chi connectivity index (χ0v) is 28.7. The van der Waals surface area contributed by atoms with Gasteiger partial charge >= 0.3 is 0 Å². The average Bonchev–Trinajstić information content (AvgIpc) is 3.04. The van der Waals surface area contributed by atoms with Gasteiger partial charge < -0.3 is 15.5 Å². The highest BCUT2D eigenvalue weighted by atomic mass is 16.3. The van der Waals surface area contributed by atoms with Crippen molar-refractivity contribution in [2.45, 2.75) is 193 Å². The summed E-state index contributed by atoms with van der Waals surface area (Å²) in [6.45, 7) is 3.15. The van der Waals surface area contributed by atoms with E-state index in [0.717, 1.165) is 32.2 Å². The Morgan fingerprint density at radius 1 is 0.659 bits per heavy atom. The quantitative estimate of drug-likeness (QED) is 0.0429. The van der Waals surface area contributed by atoms with Crippen LogP contribution in [0.2, 0.25) is 0 Å². The Balaban J connectivity index is 1.90. The Kier molecular flexibility index (Phi) is 28.6. The normalized spacial score (nSPS) is 13.0. The monoisotopic (exact) mass is 616 g/mol. The predicted molar refractivity (Wildman–Crippen MR) is 187 cm³/mol. The van der Waals surface area contributed by atoms with Gasteiger partial charge in [-0.15, -0.1) is 0 Å². The summed E-state index contributed by atoms with van der Waals surface area (Å²) in [5.74, 6) is -0.0678. The minimum Gasteiger partial charge on any atom is -0.394 e. The lowest BCUT2D eigenvalue weighted by Gasteiger charge is -2.20. The number of carbonyl (C=O) groups is 1. The van der Waals surface area contributed by atoms with Crippen LogP contribution in [-0.4, -0.2) is 34.9 Å². The first-order valence-corrected chi connectivity index (χ1v) is 18.9. The lowest BCUT2D eigenvalue weighted by Crippen LogP contribution is -2.45. The average molecular weight is 616 g/mol. The molecule has 0 unspecified atom stereocenters. The molecule has 0 aliphatic rings. The van der Waals surface area contributed by atoms with Crippen LogP contribution in [0.1, 0.15) is 174 Å². The van der Waals surface area contributed by atoms with Crippen LogP contribution < -0.4 is 9.88 Å². The van der Waals surface area contributed by atoms with Crippen molar-refractivity contribution in [1.82, 2.24) is 5.32 Å². The molecule has 0 saturated carbocycles. The number of aryl methyl sites for hydroxylation is 1. The van der Waals surface area contributed by atoms with Gasteiger partial charge in [0.1, 0.15) is 6.54 Å². The van der Waals surface area contributed by atoms with Crippen LogP contribution in [0.4, 0.5) is 0 Å². The second-order valence-electron chi connectivity index (χ2n) is 13.1. The number of rotatable bonds is 32. The number of aliphatic hydroxyl groups is 2. The van der Waals surface area contributed by atoms with E-state index >= 15 is 0 Å². The molecule has 0 aliphatic carbocycles. The number of allylic oxidation sites excluding steroid dienone is 1. The zero-order valence-electron chi connectivity index (χ0n) is 28.7. The standard InChI is InChI=1S/C39H70N2O3/c1-2-3-4-5-6-7-8-10-14-17-20-23-27-32-39(44)40-37(36-42)38(43)31-26-22-19-16-13-11-9-12-15-18-21-24-28-33-41-34-29-25-30-35-41/h25-26,29-31,34-35,37-38,42-43H,2-24,27-28,32-33,36H2,1H3/p+1/b31-26+/t37-,38+/m0/s1. The van der Waals surface area contributed by atoms with Crippen molar-refractivity contribution < 1.29 is 19.6 Å². The highest BCUT2D eigenvalue weighted by Crippen LogP contribution is 2.14. The Morgan fingerprint density at radius 3 is 1.61 bits per heavy atom. The number of hydrogen-bond acceptors (Lipinski definition) is 3. The molecule has 254 valence electrons. The summed E-state index contributed by atoms with van der Waals surface area (Å²) in [4.78, 5) is 12.3. The van der Waals surface area contributed by atoms with Gasteiger partial charge in [-0.1, -0.05) is 154 Å².